The van der Waals surface area contributed by atoms with E-state index in [4.69, 9.17) is 0 Å². The van der Waals surface area contributed by atoms with Crippen molar-refractivity contribution in [1.29, 1.82) is 0 Å². The standard InChI is InChI=1S/C11H17N5O2S/c1-3-4-16-7-11(15-9(16)2)19(17,18)14-6-10-5-12-8-13-10/h5,7-8,14H,3-4,6H2,1-2H3,(H,12,13). The lowest BCUT2D eigenvalue weighted by Gasteiger charge is -2.02. The molecule has 0 fully saturated rings. The van der Waals surface area contributed by atoms with Gasteiger partial charge in [-0.1, -0.05) is 6.92 Å². The molecule has 0 spiro atoms. The minimum atomic E-state index is -3.59. The van der Waals surface area contributed by atoms with Crippen LogP contribution in [-0.2, 0) is 23.1 Å². The SMILES string of the molecule is CCCn1cc(S(=O)(=O)NCc2cnc[nH]2)nc1C. The van der Waals surface area contributed by atoms with E-state index in [0.717, 1.165) is 13.0 Å². The molecular formula is C11H17N5O2S. The molecule has 8 heteroatoms. The summed E-state index contributed by atoms with van der Waals surface area (Å²) < 4.78 is 28.5. The first kappa shape index (κ1) is 13.8. The fourth-order valence-electron chi connectivity index (χ4n) is 1.70. The topological polar surface area (TPSA) is 92.7 Å². The van der Waals surface area contributed by atoms with Gasteiger partial charge in [0.2, 0.25) is 0 Å². The Kier molecular flexibility index (Phi) is 4.01. The van der Waals surface area contributed by atoms with Gasteiger partial charge < -0.3 is 9.55 Å². The van der Waals surface area contributed by atoms with E-state index in [2.05, 4.69) is 19.7 Å². The highest BCUT2D eigenvalue weighted by Crippen LogP contribution is 2.10. The van der Waals surface area contributed by atoms with Crippen LogP contribution in [0.2, 0.25) is 0 Å². The molecule has 0 unspecified atom stereocenters. The van der Waals surface area contributed by atoms with E-state index in [1.807, 2.05) is 11.5 Å². The van der Waals surface area contributed by atoms with E-state index in [1.54, 1.807) is 19.3 Å². The third-order valence-corrected chi connectivity index (χ3v) is 3.97. The number of nitrogens with one attached hydrogen (secondary N) is 2. The Labute approximate surface area is 112 Å². The van der Waals surface area contributed by atoms with Gasteiger partial charge in [-0.15, -0.1) is 0 Å². The molecule has 2 aromatic heterocycles. The van der Waals surface area contributed by atoms with Crippen LogP contribution >= 0.6 is 0 Å². The van der Waals surface area contributed by atoms with Crippen molar-refractivity contribution in [2.75, 3.05) is 0 Å². The summed E-state index contributed by atoms with van der Waals surface area (Å²) in [7, 11) is -3.59. The first-order chi connectivity index (χ1) is 9.03. The van der Waals surface area contributed by atoms with Crippen LogP contribution in [0.15, 0.2) is 23.7 Å². The zero-order valence-electron chi connectivity index (χ0n) is 10.9. The van der Waals surface area contributed by atoms with Gasteiger partial charge in [-0.05, 0) is 13.3 Å². The van der Waals surface area contributed by atoms with Gasteiger partial charge in [0.15, 0.2) is 5.03 Å². The molecule has 0 amide bonds. The van der Waals surface area contributed by atoms with Crippen molar-refractivity contribution in [2.45, 2.75) is 38.4 Å². The minimum absolute atomic E-state index is 0.0537. The fourth-order valence-corrected chi connectivity index (χ4v) is 2.72. The van der Waals surface area contributed by atoms with Gasteiger partial charge in [-0.3, -0.25) is 0 Å². The Morgan fingerprint density at radius 2 is 2.26 bits per heavy atom. The normalized spacial score (nSPS) is 11.9. The smallest absolute Gasteiger partial charge is 0.259 e. The van der Waals surface area contributed by atoms with Crippen LogP contribution in [0.4, 0.5) is 0 Å². The number of aryl methyl sites for hydroxylation is 2. The van der Waals surface area contributed by atoms with Crippen molar-refractivity contribution in [3.63, 3.8) is 0 Å². The second kappa shape index (κ2) is 5.54. The lowest BCUT2D eigenvalue weighted by atomic mass is 10.5. The Morgan fingerprint density at radius 3 is 2.89 bits per heavy atom. The first-order valence-corrected chi connectivity index (χ1v) is 7.52. The van der Waals surface area contributed by atoms with Crippen LogP contribution in [0, 0.1) is 6.92 Å². The molecule has 2 heterocycles. The number of imidazole rings is 2. The zero-order chi connectivity index (χ0) is 13.9. The van der Waals surface area contributed by atoms with Crippen molar-refractivity contribution in [3.05, 3.63) is 30.2 Å². The van der Waals surface area contributed by atoms with E-state index < -0.39 is 10.0 Å². The van der Waals surface area contributed by atoms with Crippen molar-refractivity contribution < 1.29 is 8.42 Å². The van der Waals surface area contributed by atoms with Gasteiger partial charge in [0, 0.05) is 24.6 Å². The Bertz CT molecular complexity index is 630. The maximum Gasteiger partial charge on any atom is 0.259 e. The molecule has 19 heavy (non-hydrogen) atoms. The quantitative estimate of drug-likeness (QED) is 0.820. The van der Waals surface area contributed by atoms with Crippen LogP contribution in [0.5, 0.6) is 0 Å². The van der Waals surface area contributed by atoms with Crippen molar-refractivity contribution in [1.82, 2.24) is 24.2 Å². The Morgan fingerprint density at radius 1 is 1.47 bits per heavy atom. The number of sulfonamides is 1. The van der Waals surface area contributed by atoms with E-state index >= 15 is 0 Å². The van der Waals surface area contributed by atoms with Crippen LogP contribution in [-0.4, -0.2) is 27.9 Å². The molecular weight excluding hydrogens is 266 g/mol. The third-order valence-electron chi connectivity index (χ3n) is 2.70. The number of aromatic nitrogens is 4. The van der Waals surface area contributed by atoms with Crippen LogP contribution in [0.3, 0.4) is 0 Å². The molecule has 104 valence electrons. The van der Waals surface area contributed by atoms with E-state index in [-0.39, 0.29) is 11.6 Å². The van der Waals surface area contributed by atoms with Crippen LogP contribution in [0.25, 0.3) is 0 Å². The van der Waals surface area contributed by atoms with Gasteiger partial charge >= 0.3 is 0 Å². The van der Waals surface area contributed by atoms with Crippen LogP contribution < -0.4 is 4.72 Å². The predicted octanol–water partition coefficient (Wildman–Crippen LogP) is 0.803. The van der Waals surface area contributed by atoms with Gasteiger partial charge in [0.1, 0.15) is 5.82 Å². The van der Waals surface area contributed by atoms with Crippen LogP contribution in [0.1, 0.15) is 24.9 Å². The number of rotatable bonds is 6. The fraction of sp³-hybridized carbons (Fsp3) is 0.455. The van der Waals surface area contributed by atoms with Crippen molar-refractivity contribution >= 4 is 10.0 Å². The molecule has 0 aliphatic carbocycles. The van der Waals surface area contributed by atoms with E-state index in [0.29, 0.717) is 11.5 Å². The Balaban J connectivity index is 2.12. The molecule has 0 aliphatic rings. The summed E-state index contributed by atoms with van der Waals surface area (Å²) in [6, 6.07) is 0. The predicted molar refractivity (Wildman–Crippen MR) is 69.9 cm³/mol. The maximum absolute atomic E-state index is 12.1. The van der Waals surface area contributed by atoms with Gasteiger partial charge in [-0.25, -0.2) is 23.1 Å². The summed E-state index contributed by atoms with van der Waals surface area (Å²) >= 11 is 0. The molecule has 0 bridgehead atoms. The maximum atomic E-state index is 12.1. The molecule has 2 aromatic rings. The summed E-state index contributed by atoms with van der Waals surface area (Å²) in [5.74, 6) is 0.698. The Hall–Kier alpha value is -1.67. The second-order valence-corrected chi connectivity index (χ2v) is 5.93. The van der Waals surface area contributed by atoms with Crippen molar-refractivity contribution in [2.24, 2.45) is 0 Å². The summed E-state index contributed by atoms with van der Waals surface area (Å²) in [5.41, 5.74) is 0.702. The molecule has 7 nitrogen and oxygen atoms in total. The van der Waals surface area contributed by atoms with E-state index in [1.165, 1.54) is 6.33 Å². The highest BCUT2D eigenvalue weighted by Gasteiger charge is 2.18. The summed E-state index contributed by atoms with van der Waals surface area (Å²) in [4.78, 5) is 10.7. The molecule has 0 saturated heterocycles. The molecule has 0 atom stereocenters. The molecule has 0 saturated carbocycles. The molecule has 0 radical (unpaired) electrons. The summed E-state index contributed by atoms with van der Waals surface area (Å²) in [6.07, 6.45) is 5.57. The second-order valence-electron chi connectivity index (χ2n) is 4.22. The summed E-state index contributed by atoms with van der Waals surface area (Å²) in [6.45, 7) is 4.75. The number of nitrogens with zero attached hydrogens (tertiary/aromatic N) is 3. The number of H-pyrrole nitrogens is 1. The third kappa shape index (κ3) is 3.21. The molecule has 2 rings (SSSR count). The molecule has 2 N–H and O–H groups in total. The molecule has 0 aliphatic heterocycles. The summed E-state index contributed by atoms with van der Waals surface area (Å²) in [5, 5.41) is 0.0537. The lowest BCUT2D eigenvalue weighted by Crippen LogP contribution is -2.23. The highest BCUT2D eigenvalue weighted by atomic mass is 32.2. The van der Waals surface area contributed by atoms with Gasteiger partial charge in [0.25, 0.3) is 10.0 Å². The van der Waals surface area contributed by atoms with Crippen molar-refractivity contribution in [3.8, 4) is 0 Å². The average Bonchev–Trinajstić information content (AvgIpc) is 2.98. The average molecular weight is 283 g/mol. The van der Waals surface area contributed by atoms with Gasteiger partial charge in [0.05, 0.1) is 12.9 Å². The highest BCUT2D eigenvalue weighted by molar-refractivity contribution is 7.89. The van der Waals surface area contributed by atoms with Gasteiger partial charge in [-0.2, -0.15) is 0 Å². The number of hydrogen-bond donors (Lipinski definition) is 2. The first-order valence-electron chi connectivity index (χ1n) is 6.03. The largest absolute Gasteiger partial charge is 0.347 e. The number of aromatic amines is 1. The lowest BCUT2D eigenvalue weighted by molar-refractivity contribution is 0.577. The zero-order valence-corrected chi connectivity index (χ0v) is 11.7. The molecule has 0 aromatic carbocycles. The minimum Gasteiger partial charge on any atom is -0.347 e. The van der Waals surface area contributed by atoms with E-state index in [9.17, 15) is 8.42 Å². The monoisotopic (exact) mass is 283 g/mol. The number of hydrogen-bond acceptors (Lipinski definition) is 4.